The molecular formula is C11H17NO6. The van der Waals surface area contributed by atoms with Gasteiger partial charge in [-0.15, -0.1) is 0 Å². The van der Waals surface area contributed by atoms with E-state index in [-0.39, 0.29) is 31.3 Å². The molecule has 7 heteroatoms. The Hall–Kier alpha value is -1.63. The molecule has 1 rings (SSSR count). The Labute approximate surface area is 104 Å². The SMILES string of the molecule is O=C(O)CCC(NC(=O)C1CCCOC1)C(=O)O. The van der Waals surface area contributed by atoms with Gasteiger partial charge in [-0.1, -0.05) is 0 Å². The zero-order valence-corrected chi connectivity index (χ0v) is 9.92. The van der Waals surface area contributed by atoms with Crippen molar-refractivity contribution in [3.8, 4) is 0 Å². The van der Waals surface area contributed by atoms with Gasteiger partial charge in [0, 0.05) is 13.0 Å². The first kappa shape index (κ1) is 14.4. The lowest BCUT2D eigenvalue weighted by Gasteiger charge is -2.23. The molecule has 0 radical (unpaired) electrons. The summed E-state index contributed by atoms with van der Waals surface area (Å²) in [6.45, 7) is 0.905. The van der Waals surface area contributed by atoms with Gasteiger partial charge in [-0.25, -0.2) is 4.79 Å². The number of carbonyl (C=O) groups is 3. The number of hydrogen-bond donors (Lipinski definition) is 3. The van der Waals surface area contributed by atoms with Crippen LogP contribution in [0.15, 0.2) is 0 Å². The lowest BCUT2D eigenvalue weighted by atomic mass is 10.0. The van der Waals surface area contributed by atoms with Crippen LogP contribution in [0.4, 0.5) is 0 Å². The van der Waals surface area contributed by atoms with Crippen molar-refractivity contribution in [2.45, 2.75) is 31.7 Å². The molecule has 1 saturated heterocycles. The quantitative estimate of drug-likeness (QED) is 0.611. The van der Waals surface area contributed by atoms with E-state index in [4.69, 9.17) is 14.9 Å². The molecule has 0 aromatic rings. The number of carboxylic acids is 2. The van der Waals surface area contributed by atoms with Crippen molar-refractivity contribution in [2.24, 2.45) is 5.92 Å². The van der Waals surface area contributed by atoms with E-state index in [9.17, 15) is 14.4 Å². The molecule has 3 N–H and O–H groups in total. The number of aliphatic carboxylic acids is 2. The zero-order valence-electron chi connectivity index (χ0n) is 9.92. The molecule has 2 unspecified atom stereocenters. The van der Waals surface area contributed by atoms with Crippen molar-refractivity contribution in [3.05, 3.63) is 0 Å². The van der Waals surface area contributed by atoms with E-state index in [1.165, 1.54) is 0 Å². The van der Waals surface area contributed by atoms with Gasteiger partial charge < -0.3 is 20.3 Å². The van der Waals surface area contributed by atoms with Crippen molar-refractivity contribution in [1.82, 2.24) is 5.32 Å². The van der Waals surface area contributed by atoms with E-state index in [0.717, 1.165) is 6.42 Å². The number of amides is 1. The average Bonchev–Trinajstić information content (AvgIpc) is 2.34. The molecule has 1 amide bonds. The molecule has 0 aromatic heterocycles. The Bertz CT molecular complexity index is 323. The van der Waals surface area contributed by atoms with Gasteiger partial charge in [-0.3, -0.25) is 9.59 Å². The second-order valence-corrected chi connectivity index (χ2v) is 4.25. The summed E-state index contributed by atoms with van der Waals surface area (Å²) in [5, 5.41) is 19.8. The molecule has 1 fully saturated rings. The molecule has 102 valence electrons. The predicted molar refractivity (Wildman–Crippen MR) is 60.0 cm³/mol. The molecule has 18 heavy (non-hydrogen) atoms. The summed E-state index contributed by atoms with van der Waals surface area (Å²) in [4.78, 5) is 33.0. The van der Waals surface area contributed by atoms with Crippen LogP contribution >= 0.6 is 0 Å². The number of rotatable bonds is 6. The van der Waals surface area contributed by atoms with Crippen molar-refractivity contribution in [1.29, 1.82) is 0 Å². The minimum Gasteiger partial charge on any atom is -0.481 e. The molecule has 7 nitrogen and oxygen atoms in total. The maximum absolute atomic E-state index is 11.8. The third-order valence-electron chi connectivity index (χ3n) is 2.79. The van der Waals surface area contributed by atoms with E-state index in [1.807, 2.05) is 0 Å². The zero-order chi connectivity index (χ0) is 13.5. The molecule has 1 aliphatic rings. The monoisotopic (exact) mass is 259 g/mol. The number of hydrogen-bond acceptors (Lipinski definition) is 4. The number of carbonyl (C=O) groups excluding carboxylic acids is 1. The van der Waals surface area contributed by atoms with Crippen LogP contribution in [0.1, 0.15) is 25.7 Å². The first-order valence-electron chi connectivity index (χ1n) is 5.83. The Morgan fingerprint density at radius 1 is 1.33 bits per heavy atom. The maximum atomic E-state index is 11.8. The largest absolute Gasteiger partial charge is 0.481 e. The topological polar surface area (TPSA) is 113 Å². The highest BCUT2D eigenvalue weighted by Crippen LogP contribution is 2.14. The van der Waals surface area contributed by atoms with Crippen LogP contribution < -0.4 is 5.32 Å². The fourth-order valence-corrected chi connectivity index (χ4v) is 1.76. The van der Waals surface area contributed by atoms with Crippen molar-refractivity contribution >= 4 is 17.8 Å². The molecular weight excluding hydrogens is 242 g/mol. The summed E-state index contributed by atoms with van der Waals surface area (Å²) in [5.41, 5.74) is 0. The number of carboxylic acid groups (broad SMARTS) is 2. The summed E-state index contributed by atoms with van der Waals surface area (Å²) in [6.07, 6.45) is 1.02. The second-order valence-electron chi connectivity index (χ2n) is 4.25. The van der Waals surface area contributed by atoms with Gasteiger partial charge in [0.2, 0.25) is 5.91 Å². The highest BCUT2D eigenvalue weighted by molar-refractivity contribution is 5.85. The highest BCUT2D eigenvalue weighted by Gasteiger charge is 2.27. The maximum Gasteiger partial charge on any atom is 0.326 e. The Morgan fingerprint density at radius 2 is 2.06 bits per heavy atom. The minimum absolute atomic E-state index is 0.121. The van der Waals surface area contributed by atoms with Gasteiger partial charge >= 0.3 is 11.9 Å². The van der Waals surface area contributed by atoms with Crippen molar-refractivity contribution < 1.29 is 29.3 Å². The summed E-state index contributed by atoms with van der Waals surface area (Å²) in [7, 11) is 0. The Morgan fingerprint density at radius 3 is 2.56 bits per heavy atom. The standard InChI is InChI=1S/C11H17NO6/c13-9(14)4-3-8(11(16)17)12-10(15)7-2-1-5-18-6-7/h7-8H,1-6H2,(H,12,15)(H,13,14)(H,16,17). The van der Waals surface area contributed by atoms with Crippen molar-refractivity contribution in [2.75, 3.05) is 13.2 Å². The highest BCUT2D eigenvalue weighted by atomic mass is 16.5. The van der Waals surface area contributed by atoms with Gasteiger partial charge in [-0.2, -0.15) is 0 Å². The number of nitrogens with one attached hydrogen (secondary N) is 1. The summed E-state index contributed by atoms with van der Waals surface area (Å²) in [5.74, 6) is -3.03. The minimum atomic E-state index is -1.22. The van der Waals surface area contributed by atoms with E-state index in [0.29, 0.717) is 13.0 Å². The Kier molecular flexibility index (Phi) is 5.57. The van der Waals surface area contributed by atoms with Gasteiger partial charge in [0.05, 0.1) is 12.5 Å². The first-order valence-corrected chi connectivity index (χ1v) is 5.83. The summed E-state index contributed by atoms with van der Waals surface area (Å²) in [6, 6.07) is -1.16. The second kappa shape index (κ2) is 6.95. The molecule has 2 atom stereocenters. The van der Waals surface area contributed by atoms with Crippen molar-refractivity contribution in [3.63, 3.8) is 0 Å². The third kappa shape index (κ3) is 4.70. The molecule has 1 heterocycles. The normalized spacial score (nSPS) is 21.0. The Balaban J connectivity index is 2.46. The smallest absolute Gasteiger partial charge is 0.326 e. The number of ether oxygens (including phenoxy) is 1. The molecule has 0 bridgehead atoms. The van der Waals surface area contributed by atoms with Gasteiger partial charge in [0.25, 0.3) is 0 Å². The summed E-state index contributed by atoms with van der Waals surface area (Å²) < 4.78 is 5.14. The van der Waals surface area contributed by atoms with Crippen LogP contribution in [-0.4, -0.2) is 47.3 Å². The molecule has 0 aliphatic carbocycles. The first-order chi connectivity index (χ1) is 8.50. The van der Waals surface area contributed by atoms with E-state index in [1.54, 1.807) is 0 Å². The van der Waals surface area contributed by atoms with Gasteiger partial charge in [0.1, 0.15) is 6.04 Å². The summed E-state index contributed by atoms with van der Waals surface area (Å²) >= 11 is 0. The van der Waals surface area contributed by atoms with Crippen LogP contribution in [0.25, 0.3) is 0 Å². The molecule has 0 spiro atoms. The van der Waals surface area contributed by atoms with E-state index in [2.05, 4.69) is 5.32 Å². The lowest BCUT2D eigenvalue weighted by Crippen LogP contribution is -2.45. The van der Waals surface area contributed by atoms with Crippen LogP contribution in [0.5, 0.6) is 0 Å². The van der Waals surface area contributed by atoms with Crippen LogP contribution in [0.3, 0.4) is 0 Å². The van der Waals surface area contributed by atoms with Crippen LogP contribution in [0, 0.1) is 5.92 Å². The van der Waals surface area contributed by atoms with Crippen LogP contribution in [-0.2, 0) is 19.1 Å². The average molecular weight is 259 g/mol. The predicted octanol–water partition coefficient (Wildman–Crippen LogP) is -0.153. The fraction of sp³-hybridized carbons (Fsp3) is 0.727. The van der Waals surface area contributed by atoms with E-state index < -0.39 is 18.0 Å². The molecule has 0 saturated carbocycles. The van der Waals surface area contributed by atoms with Gasteiger partial charge in [0.15, 0.2) is 0 Å². The van der Waals surface area contributed by atoms with Crippen LogP contribution in [0.2, 0.25) is 0 Å². The van der Waals surface area contributed by atoms with E-state index >= 15 is 0 Å². The van der Waals surface area contributed by atoms with Gasteiger partial charge in [-0.05, 0) is 19.3 Å². The lowest BCUT2D eigenvalue weighted by molar-refractivity contribution is -0.144. The molecule has 1 aliphatic heterocycles. The third-order valence-corrected chi connectivity index (χ3v) is 2.79. The fourth-order valence-electron chi connectivity index (χ4n) is 1.76. The molecule has 0 aromatic carbocycles.